The first-order valence-electron chi connectivity index (χ1n) is 8.28. The standard InChI is InChI=1S/C17H21ClN2O2/c18-11-5-6-13(19-9-11)17(21)20-15-12-7-8-22-16(12)14(15)10-3-1-2-4-10/h5-6,9-10,12,14-16H,1-4,7-8H2,(H,20,21)/t12-,14+,15+,16-/m0/s1. The van der Waals surface area contributed by atoms with Crippen molar-refractivity contribution < 1.29 is 9.53 Å². The van der Waals surface area contributed by atoms with Crippen LogP contribution < -0.4 is 5.32 Å². The molecule has 3 fully saturated rings. The van der Waals surface area contributed by atoms with Crippen LogP contribution in [0.4, 0.5) is 0 Å². The minimum Gasteiger partial charge on any atom is -0.377 e. The number of fused-ring (bicyclic) bond motifs is 1. The first-order valence-corrected chi connectivity index (χ1v) is 8.66. The van der Waals surface area contributed by atoms with Gasteiger partial charge in [0.15, 0.2) is 0 Å². The van der Waals surface area contributed by atoms with E-state index in [1.54, 1.807) is 12.1 Å². The van der Waals surface area contributed by atoms with Gasteiger partial charge in [0.1, 0.15) is 5.69 Å². The summed E-state index contributed by atoms with van der Waals surface area (Å²) in [6, 6.07) is 3.64. The maximum absolute atomic E-state index is 12.5. The molecule has 0 aromatic carbocycles. The number of hydrogen-bond donors (Lipinski definition) is 1. The quantitative estimate of drug-likeness (QED) is 0.931. The van der Waals surface area contributed by atoms with Gasteiger partial charge in [0.05, 0.1) is 11.1 Å². The Hall–Kier alpha value is -1.13. The molecule has 2 heterocycles. The molecule has 2 aliphatic carbocycles. The van der Waals surface area contributed by atoms with E-state index in [4.69, 9.17) is 16.3 Å². The van der Waals surface area contributed by atoms with Crippen LogP contribution in [0, 0.1) is 17.8 Å². The Kier molecular flexibility index (Phi) is 3.82. The molecule has 0 spiro atoms. The van der Waals surface area contributed by atoms with Crippen molar-refractivity contribution in [2.45, 2.75) is 44.2 Å². The van der Waals surface area contributed by atoms with Crippen molar-refractivity contribution in [3.63, 3.8) is 0 Å². The molecule has 5 heteroatoms. The number of pyridine rings is 1. The van der Waals surface area contributed by atoms with Crippen LogP contribution in [0.5, 0.6) is 0 Å². The summed E-state index contributed by atoms with van der Waals surface area (Å²) in [5.41, 5.74) is 0.442. The number of nitrogens with one attached hydrogen (secondary N) is 1. The summed E-state index contributed by atoms with van der Waals surface area (Å²) >= 11 is 5.83. The molecule has 3 aliphatic rings. The number of carbonyl (C=O) groups excluding carboxylic acids is 1. The Morgan fingerprint density at radius 2 is 2.09 bits per heavy atom. The van der Waals surface area contributed by atoms with Gasteiger partial charge in [0.2, 0.25) is 0 Å². The van der Waals surface area contributed by atoms with Crippen LogP contribution in [0.3, 0.4) is 0 Å². The molecule has 0 unspecified atom stereocenters. The molecule has 4 rings (SSSR count). The number of hydrogen-bond acceptors (Lipinski definition) is 3. The first kappa shape index (κ1) is 14.5. The van der Waals surface area contributed by atoms with Crippen LogP contribution in [0.15, 0.2) is 18.3 Å². The maximum Gasteiger partial charge on any atom is 0.270 e. The summed E-state index contributed by atoms with van der Waals surface area (Å²) in [5.74, 6) is 1.60. The highest BCUT2D eigenvalue weighted by Gasteiger charge is 2.57. The van der Waals surface area contributed by atoms with E-state index >= 15 is 0 Å². The largest absolute Gasteiger partial charge is 0.377 e. The van der Waals surface area contributed by atoms with Crippen LogP contribution in [0.25, 0.3) is 0 Å². The normalized spacial score (nSPS) is 34.2. The summed E-state index contributed by atoms with van der Waals surface area (Å²) in [7, 11) is 0. The third-order valence-electron chi connectivity index (χ3n) is 5.64. The molecular formula is C17H21ClN2O2. The van der Waals surface area contributed by atoms with Crippen molar-refractivity contribution in [2.75, 3.05) is 6.61 Å². The third kappa shape index (κ3) is 2.42. The number of nitrogens with zero attached hydrogens (tertiary/aromatic N) is 1. The topological polar surface area (TPSA) is 51.2 Å². The van der Waals surface area contributed by atoms with Crippen molar-refractivity contribution in [1.29, 1.82) is 0 Å². The minimum atomic E-state index is -0.0880. The van der Waals surface area contributed by atoms with Crippen molar-refractivity contribution in [2.24, 2.45) is 17.8 Å². The lowest BCUT2D eigenvalue weighted by atomic mass is 9.61. The van der Waals surface area contributed by atoms with Crippen LogP contribution >= 0.6 is 11.6 Å². The minimum absolute atomic E-state index is 0.0880. The van der Waals surface area contributed by atoms with Gasteiger partial charge in [0, 0.05) is 30.7 Å². The van der Waals surface area contributed by atoms with Crippen LogP contribution in [0.2, 0.25) is 5.02 Å². The monoisotopic (exact) mass is 320 g/mol. The second-order valence-electron chi connectivity index (χ2n) is 6.77. The molecule has 1 saturated heterocycles. The molecule has 1 N–H and O–H groups in total. The average Bonchev–Trinajstić information content (AvgIpc) is 3.16. The van der Waals surface area contributed by atoms with E-state index in [0.29, 0.717) is 34.6 Å². The van der Waals surface area contributed by atoms with Gasteiger partial charge in [-0.25, -0.2) is 4.98 Å². The van der Waals surface area contributed by atoms with Gasteiger partial charge in [0.25, 0.3) is 5.91 Å². The number of aromatic nitrogens is 1. The van der Waals surface area contributed by atoms with Crippen molar-refractivity contribution in [3.8, 4) is 0 Å². The zero-order valence-electron chi connectivity index (χ0n) is 12.5. The number of halogens is 1. The summed E-state index contributed by atoms with van der Waals surface area (Å²) in [4.78, 5) is 16.6. The van der Waals surface area contributed by atoms with Crippen LogP contribution in [-0.4, -0.2) is 29.6 Å². The molecule has 2 saturated carbocycles. The highest BCUT2D eigenvalue weighted by molar-refractivity contribution is 6.30. The lowest BCUT2D eigenvalue weighted by Gasteiger charge is -2.50. The molecule has 1 aromatic heterocycles. The fourth-order valence-electron chi connectivity index (χ4n) is 4.60. The van der Waals surface area contributed by atoms with E-state index < -0.39 is 0 Å². The van der Waals surface area contributed by atoms with Gasteiger partial charge in [-0.3, -0.25) is 4.79 Å². The predicted octanol–water partition coefficient (Wildman–Crippen LogP) is 3.06. The fraction of sp³-hybridized carbons (Fsp3) is 0.647. The van der Waals surface area contributed by atoms with Gasteiger partial charge in [-0.2, -0.15) is 0 Å². The number of amides is 1. The predicted molar refractivity (Wildman–Crippen MR) is 83.8 cm³/mol. The SMILES string of the molecule is O=C(N[C@@H]1[C@@H]2CCO[C@@H]2[C@@H]1C1CCCC1)c1ccc(Cl)cn1. The molecule has 4 atom stereocenters. The Balaban J connectivity index is 1.48. The molecule has 4 nitrogen and oxygen atoms in total. The van der Waals surface area contributed by atoms with E-state index in [2.05, 4.69) is 10.3 Å². The summed E-state index contributed by atoms with van der Waals surface area (Å²) in [6.07, 6.45) is 8.15. The Labute approximate surface area is 135 Å². The molecule has 118 valence electrons. The molecule has 0 bridgehead atoms. The molecule has 1 aliphatic heterocycles. The van der Waals surface area contributed by atoms with E-state index in [1.807, 2.05) is 0 Å². The molecule has 1 aromatic rings. The molecule has 0 radical (unpaired) electrons. The second-order valence-corrected chi connectivity index (χ2v) is 7.21. The van der Waals surface area contributed by atoms with E-state index in [9.17, 15) is 4.79 Å². The zero-order valence-corrected chi connectivity index (χ0v) is 13.3. The van der Waals surface area contributed by atoms with Gasteiger partial charge < -0.3 is 10.1 Å². The Morgan fingerprint density at radius 1 is 1.27 bits per heavy atom. The average molecular weight is 321 g/mol. The van der Waals surface area contributed by atoms with Crippen LogP contribution in [0.1, 0.15) is 42.6 Å². The fourth-order valence-corrected chi connectivity index (χ4v) is 4.71. The van der Waals surface area contributed by atoms with E-state index in [0.717, 1.165) is 13.0 Å². The van der Waals surface area contributed by atoms with Crippen LogP contribution in [-0.2, 0) is 4.74 Å². The number of ether oxygens (including phenoxy) is 1. The molecule has 22 heavy (non-hydrogen) atoms. The van der Waals surface area contributed by atoms with Crippen molar-refractivity contribution in [1.82, 2.24) is 10.3 Å². The highest BCUT2D eigenvalue weighted by atomic mass is 35.5. The van der Waals surface area contributed by atoms with Crippen molar-refractivity contribution in [3.05, 3.63) is 29.0 Å². The lowest BCUT2D eigenvalue weighted by Crippen LogP contribution is -2.63. The van der Waals surface area contributed by atoms with Gasteiger partial charge >= 0.3 is 0 Å². The van der Waals surface area contributed by atoms with Gasteiger partial charge in [-0.05, 0) is 24.5 Å². The summed E-state index contributed by atoms with van der Waals surface area (Å²) in [6.45, 7) is 0.837. The van der Waals surface area contributed by atoms with E-state index in [-0.39, 0.29) is 11.9 Å². The molecule has 1 amide bonds. The van der Waals surface area contributed by atoms with Gasteiger partial charge in [-0.15, -0.1) is 0 Å². The summed E-state index contributed by atoms with van der Waals surface area (Å²) < 4.78 is 5.93. The lowest BCUT2D eigenvalue weighted by molar-refractivity contribution is -0.0784. The smallest absolute Gasteiger partial charge is 0.270 e. The summed E-state index contributed by atoms with van der Waals surface area (Å²) in [5, 5.41) is 3.78. The highest BCUT2D eigenvalue weighted by Crippen LogP contribution is 2.51. The van der Waals surface area contributed by atoms with Crippen molar-refractivity contribution >= 4 is 17.5 Å². The van der Waals surface area contributed by atoms with E-state index in [1.165, 1.54) is 31.9 Å². The Morgan fingerprint density at radius 3 is 2.82 bits per heavy atom. The number of carbonyl (C=O) groups is 1. The zero-order chi connectivity index (χ0) is 15.1. The number of rotatable bonds is 3. The Bertz CT molecular complexity index is 552. The first-order chi connectivity index (χ1) is 10.7. The van der Waals surface area contributed by atoms with Gasteiger partial charge in [-0.1, -0.05) is 37.3 Å². The maximum atomic E-state index is 12.5. The second kappa shape index (κ2) is 5.82. The molecular weight excluding hydrogens is 300 g/mol. The third-order valence-corrected chi connectivity index (χ3v) is 5.86.